The molecule has 1 aliphatic carbocycles. The second-order valence-corrected chi connectivity index (χ2v) is 11.2. The number of para-hydroxylation sites is 2. The first-order chi connectivity index (χ1) is 20.5. The van der Waals surface area contributed by atoms with E-state index in [-0.39, 0.29) is 5.41 Å². The molecule has 3 heterocycles. The van der Waals surface area contributed by atoms with Crippen LogP contribution in [0.5, 0.6) is 0 Å². The minimum Gasteiger partial charge on any atom is -0.278 e. The van der Waals surface area contributed by atoms with E-state index < -0.39 is 0 Å². The van der Waals surface area contributed by atoms with Crippen LogP contribution in [-0.4, -0.2) is 29.5 Å². The van der Waals surface area contributed by atoms with Crippen molar-refractivity contribution in [3.63, 3.8) is 0 Å². The van der Waals surface area contributed by atoms with Crippen molar-refractivity contribution in [2.75, 3.05) is 0 Å². The molecule has 4 aromatic carbocycles. The Hall–Kier alpha value is -5.49. The monoisotopic (exact) mass is 542 g/mol. The molecule has 3 aromatic heterocycles. The Morgan fingerprint density at radius 3 is 1.57 bits per heavy atom. The van der Waals surface area contributed by atoms with Crippen LogP contribution < -0.4 is 10.6 Å². The number of fused-ring (bicyclic) bond motifs is 4. The predicted molar refractivity (Wildman–Crippen MR) is 168 cm³/mol. The van der Waals surface area contributed by atoms with E-state index in [1.54, 1.807) is 0 Å². The summed E-state index contributed by atoms with van der Waals surface area (Å²) < 4.78 is 2.14. The standard InChI is InChI=1S/C36H26N6/c1-36(2)21-27-28(22-36)37-35(42-29-19-11-9-17-25(29)26-18-10-12-20-30(26)42)38-31(27)34-40-32(23-13-5-3-6-14-23)39-33(41-34)24-15-7-4-8-16-24/h3-22H,1-2H3. The molecule has 1 aliphatic rings. The van der Waals surface area contributed by atoms with Crippen molar-refractivity contribution >= 4 is 34.0 Å². The van der Waals surface area contributed by atoms with E-state index in [9.17, 15) is 0 Å². The van der Waals surface area contributed by atoms with Gasteiger partial charge in [-0.3, -0.25) is 4.57 Å². The molecule has 0 fully saturated rings. The van der Waals surface area contributed by atoms with Crippen LogP contribution in [0.3, 0.4) is 0 Å². The molecule has 0 aliphatic heterocycles. The normalized spacial score (nSPS) is 13.6. The van der Waals surface area contributed by atoms with Gasteiger partial charge in [0.1, 0.15) is 5.69 Å². The van der Waals surface area contributed by atoms with Crippen molar-refractivity contribution < 1.29 is 0 Å². The zero-order valence-electron chi connectivity index (χ0n) is 23.2. The molecular weight excluding hydrogens is 516 g/mol. The lowest BCUT2D eigenvalue weighted by atomic mass is 9.96. The lowest BCUT2D eigenvalue weighted by Gasteiger charge is -2.11. The fourth-order valence-corrected chi connectivity index (χ4v) is 5.82. The second kappa shape index (κ2) is 9.28. The SMILES string of the molecule is CC1(C)C=c2nc(-n3c4ccccc4c4ccccc43)nc(-c3nc(-c4ccccc4)nc(-c4ccccc4)n3)c2=C1. The summed E-state index contributed by atoms with van der Waals surface area (Å²) in [5.41, 5.74) is 4.44. The minimum atomic E-state index is -0.192. The maximum atomic E-state index is 5.24. The number of hydrogen-bond acceptors (Lipinski definition) is 5. The fourth-order valence-electron chi connectivity index (χ4n) is 5.82. The minimum absolute atomic E-state index is 0.192. The molecule has 6 heteroatoms. The molecule has 200 valence electrons. The Balaban J connectivity index is 1.45. The molecule has 42 heavy (non-hydrogen) atoms. The van der Waals surface area contributed by atoms with Crippen LogP contribution in [-0.2, 0) is 0 Å². The van der Waals surface area contributed by atoms with Crippen LogP contribution in [0, 0.1) is 5.41 Å². The third-order valence-corrected chi connectivity index (χ3v) is 7.68. The lowest BCUT2D eigenvalue weighted by molar-refractivity contribution is 0.723. The maximum Gasteiger partial charge on any atom is 0.235 e. The van der Waals surface area contributed by atoms with Crippen LogP contribution in [0.15, 0.2) is 109 Å². The molecule has 7 aromatic rings. The van der Waals surface area contributed by atoms with Gasteiger partial charge >= 0.3 is 0 Å². The first kappa shape index (κ1) is 24.3. The third-order valence-electron chi connectivity index (χ3n) is 7.68. The van der Waals surface area contributed by atoms with Crippen molar-refractivity contribution in [1.82, 2.24) is 29.5 Å². The molecule has 0 unspecified atom stereocenters. The molecule has 6 nitrogen and oxygen atoms in total. The summed E-state index contributed by atoms with van der Waals surface area (Å²) in [6.07, 6.45) is 4.41. The first-order valence-corrected chi connectivity index (χ1v) is 14.0. The molecule has 0 saturated heterocycles. The van der Waals surface area contributed by atoms with Crippen LogP contribution in [0.25, 0.3) is 74.2 Å². The van der Waals surface area contributed by atoms with E-state index in [1.165, 1.54) is 0 Å². The molecular formula is C36H26N6. The summed E-state index contributed by atoms with van der Waals surface area (Å²) in [7, 11) is 0. The van der Waals surface area contributed by atoms with E-state index in [4.69, 9.17) is 24.9 Å². The Bertz CT molecular complexity index is 2160. The first-order valence-electron chi connectivity index (χ1n) is 14.0. The van der Waals surface area contributed by atoms with Gasteiger partial charge in [-0.15, -0.1) is 0 Å². The van der Waals surface area contributed by atoms with E-state index in [0.717, 1.165) is 43.5 Å². The molecule has 0 N–H and O–H groups in total. The molecule has 0 radical (unpaired) electrons. The summed E-state index contributed by atoms with van der Waals surface area (Å²) in [4.78, 5) is 25.3. The molecule has 0 atom stereocenters. The summed E-state index contributed by atoms with van der Waals surface area (Å²) in [6.45, 7) is 4.35. The van der Waals surface area contributed by atoms with Crippen molar-refractivity contribution in [3.05, 3.63) is 120 Å². The quantitative estimate of drug-likeness (QED) is 0.259. The van der Waals surface area contributed by atoms with Crippen LogP contribution >= 0.6 is 0 Å². The van der Waals surface area contributed by atoms with Gasteiger partial charge < -0.3 is 0 Å². The lowest BCUT2D eigenvalue weighted by Crippen LogP contribution is -2.31. The zero-order valence-corrected chi connectivity index (χ0v) is 23.2. The van der Waals surface area contributed by atoms with Crippen LogP contribution in [0.2, 0.25) is 0 Å². The Morgan fingerprint density at radius 2 is 1.00 bits per heavy atom. The summed E-state index contributed by atoms with van der Waals surface area (Å²) >= 11 is 0. The summed E-state index contributed by atoms with van der Waals surface area (Å²) in [6, 6.07) is 36.8. The second-order valence-electron chi connectivity index (χ2n) is 11.2. The van der Waals surface area contributed by atoms with Gasteiger partial charge in [0.2, 0.25) is 5.95 Å². The number of aromatic nitrogens is 6. The summed E-state index contributed by atoms with van der Waals surface area (Å²) in [5, 5.41) is 4.14. The van der Waals surface area contributed by atoms with Crippen LogP contribution in [0.1, 0.15) is 13.8 Å². The Morgan fingerprint density at radius 1 is 0.500 bits per heavy atom. The highest BCUT2D eigenvalue weighted by Crippen LogP contribution is 2.31. The highest BCUT2D eigenvalue weighted by molar-refractivity contribution is 6.08. The van der Waals surface area contributed by atoms with Gasteiger partial charge in [-0.25, -0.2) is 24.9 Å². The predicted octanol–water partition coefficient (Wildman–Crippen LogP) is 6.36. The van der Waals surface area contributed by atoms with E-state index in [2.05, 4.69) is 79.1 Å². The molecule has 0 saturated carbocycles. The largest absolute Gasteiger partial charge is 0.278 e. The number of rotatable bonds is 4. The topological polar surface area (TPSA) is 69.4 Å². The van der Waals surface area contributed by atoms with Crippen molar-refractivity contribution in [3.8, 4) is 40.2 Å². The fraction of sp³-hybridized carbons (Fsp3) is 0.0833. The molecule has 8 rings (SSSR count). The van der Waals surface area contributed by atoms with Gasteiger partial charge in [0.05, 0.1) is 16.4 Å². The smallest absolute Gasteiger partial charge is 0.235 e. The van der Waals surface area contributed by atoms with E-state index in [1.807, 2.05) is 60.7 Å². The number of benzene rings is 4. The van der Waals surface area contributed by atoms with Gasteiger partial charge in [0, 0.05) is 32.5 Å². The molecule has 0 amide bonds. The van der Waals surface area contributed by atoms with Gasteiger partial charge in [-0.2, -0.15) is 0 Å². The van der Waals surface area contributed by atoms with Gasteiger partial charge in [-0.1, -0.05) is 117 Å². The number of hydrogen-bond donors (Lipinski definition) is 0. The number of nitrogens with zero attached hydrogens (tertiary/aromatic N) is 6. The van der Waals surface area contributed by atoms with Gasteiger partial charge in [-0.05, 0) is 18.2 Å². The molecule has 0 bridgehead atoms. The van der Waals surface area contributed by atoms with E-state index >= 15 is 0 Å². The Labute approximate surface area is 242 Å². The molecule has 0 spiro atoms. The maximum absolute atomic E-state index is 5.24. The average molecular weight is 543 g/mol. The van der Waals surface area contributed by atoms with Gasteiger partial charge in [0.15, 0.2) is 17.5 Å². The van der Waals surface area contributed by atoms with Crippen LogP contribution in [0.4, 0.5) is 0 Å². The van der Waals surface area contributed by atoms with Gasteiger partial charge in [0.25, 0.3) is 0 Å². The third kappa shape index (κ3) is 3.99. The van der Waals surface area contributed by atoms with E-state index in [0.29, 0.717) is 29.1 Å². The summed E-state index contributed by atoms with van der Waals surface area (Å²) in [5.74, 6) is 2.31. The van der Waals surface area contributed by atoms with Crippen molar-refractivity contribution in [1.29, 1.82) is 0 Å². The highest BCUT2D eigenvalue weighted by atomic mass is 15.2. The van der Waals surface area contributed by atoms with Crippen molar-refractivity contribution in [2.24, 2.45) is 5.41 Å². The average Bonchev–Trinajstić information content (AvgIpc) is 3.54. The highest BCUT2D eigenvalue weighted by Gasteiger charge is 2.24. The zero-order chi connectivity index (χ0) is 28.3. The Kier molecular flexibility index (Phi) is 5.37. The van der Waals surface area contributed by atoms with Crippen molar-refractivity contribution in [2.45, 2.75) is 13.8 Å².